The Morgan fingerprint density at radius 3 is 2.09 bits per heavy atom. The molecule has 0 bridgehead atoms. The van der Waals surface area contributed by atoms with Gasteiger partial charge in [-0.25, -0.2) is 4.98 Å². The second kappa shape index (κ2) is 6.05. The number of hydrogen-bond donors (Lipinski definition) is 0. The summed E-state index contributed by atoms with van der Waals surface area (Å²) in [6.45, 7) is 0. The highest BCUT2D eigenvalue weighted by Crippen LogP contribution is 2.26. The fraction of sp³-hybridized carbons (Fsp3) is 0.0455. The summed E-state index contributed by atoms with van der Waals surface area (Å²) in [4.78, 5) is 4.85. The molecule has 0 aliphatic carbocycles. The van der Waals surface area contributed by atoms with E-state index in [4.69, 9.17) is 4.98 Å². The van der Waals surface area contributed by atoms with Gasteiger partial charge in [-0.1, -0.05) is 78.9 Å². The molecule has 4 aromatic rings. The van der Waals surface area contributed by atoms with Gasteiger partial charge in [0, 0.05) is 10.9 Å². The number of para-hydroxylation sites is 1. The van der Waals surface area contributed by atoms with Crippen molar-refractivity contribution in [3.05, 3.63) is 102 Å². The van der Waals surface area contributed by atoms with E-state index in [0.717, 1.165) is 23.2 Å². The maximum atomic E-state index is 4.85. The summed E-state index contributed by atoms with van der Waals surface area (Å²) in [7, 11) is 0. The molecule has 1 heteroatoms. The summed E-state index contributed by atoms with van der Waals surface area (Å²) in [6, 6.07) is 31.6. The minimum absolute atomic E-state index is 0.920. The smallest absolute Gasteiger partial charge is 0.0712 e. The third-order valence-electron chi connectivity index (χ3n) is 4.11. The molecule has 0 atom stereocenters. The van der Waals surface area contributed by atoms with Crippen molar-refractivity contribution < 1.29 is 0 Å². The van der Waals surface area contributed by atoms with Crippen LogP contribution in [0.3, 0.4) is 0 Å². The molecule has 3 aromatic carbocycles. The molecule has 0 amide bonds. The van der Waals surface area contributed by atoms with Crippen LogP contribution >= 0.6 is 0 Å². The van der Waals surface area contributed by atoms with Gasteiger partial charge in [-0.3, -0.25) is 0 Å². The zero-order valence-electron chi connectivity index (χ0n) is 12.8. The van der Waals surface area contributed by atoms with Crippen molar-refractivity contribution in [2.24, 2.45) is 0 Å². The molecule has 0 aliphatic rings. The fourth-order valence-corrected chi connectivity index (χ4v) is 2.97. The Morgan fingerprint density at radius 1 is 0.652 bits per heavy atom. The van der Waals surface area contributed by atoms with Crippen LogP contribution in [0.4, 0.5) is 0 Å². The Bertz CT molecular complexity index is 928. The molecule has 23 heavy (non-hydrogen) atoms. The van der Waals surface area contributed by atoms with Crippen LogP contribution in [-0.4, -0.2) is 4.98 Å². The van der Waals surface area contributed by atoms with Gasteiger partial charge in [0.1, 0.15) is 0 Å². The van der Waals surface area contributed by atoms with Gasteiger partial charge in [-0.05, 0) is 29.7 Å². The minimum atomic E-state index is 0.920. The Kier molecular flexibility index (Phi) is 3.61. The highest BCUT2D eigenvalue weighted by Gasteiger charge is 2.08. The van der Waals surface area contributed by atoms with Crippen LogP contribution in [0.2, 0.25) is 0 Å². The third-order valence-corrected chi connectivity index (χ3v) is 4.11. The molecule has 0 N–H and O–H groups in total. The highest BCUT2D eigenvalue weighted by molar-refractivity contribution is 5.85. The normalized spacial score (nSPS) is 10.8. The largest absolute Gasteiger partial charge is 0.248 e. The van der Waals surface area contributed by atoms with Gasteiger partial charge in [0.05, 0.1) is 11.2 Å². The Hall–Kier alpha value is -2.93. The first-order chi connectivity index (χ1) is 11.4. The van der Waals surface area contributed by atoms with Crippen LogP contribution < -0.4 is 0 Å². The summed E-state index contributed by atoms with van der Waals surface area (Å²) < 4.78 is 0. The van der Waals surface area contributed by atoms with Crippen LogP contribution in [0.5, 0.6) is 0 Å². The Morgan fingerprint density at radius 2 is 1.30 bits per heavy atom. The lowest BCUT2D eigenvalue weighted by Gasteiger charge is -2.10. The maximum absolute atomic E-state index is 4.85. The standard InChI is InChI=1S/C22H17N/c1-3-9-17(10-4-1)15-19-16-22(18-11-5-2-6-12-18)23-21-14-8-7-13-20(19)21/h1-14,16H,15H2. The zero-order valence-corrected chi connectivity index (χ0v) is 12.8. The fourth-order valence-electron chi connectivity index (χ4n) is 2.97. The molecule has 4 rings (SSSR count). The van der Waals surface area contributed by atoms with Crippen LogP contribution in [0, 0.1) is 0 Å². The lowest BCUT2D eigenvalue weighted by Crippen LogP contribution is -1.94. The molecule has 110 valence electrons. The van der Waals surface area contributed by atoms with Crippen molar-refractivity contribution >= 4 is 10.9 Å². The molecule has 0 spiro atoms. The second-order valence-electron chi connectivity index (χ2n) is 5.71. The summed E-state index contributed by atoms with van der Waals surface area (Å²) in [5.41, 5.74) is 5.89. The summed E-state index contributed by atoms with van der Waals surface area (Å²) in [5.74, 6) is 0. The predicted octanol–water partition coefficient (Wildman–Crippen LogP) is 5.49. The van der Waals surface area contributed by atoms with Gasteiger partial charge in [0.15, 0.2) is 0 Å². The van der Waals surface area contributed by atoms with Gasteiger partial charge < -0.3 is 0 Å². The molecule has 1 heterocycles. The van der Waals surface area contributed by atoms with Crippen molar-refractivity contribution in [3.8, 4) is 11.3 Å². The quantitative estimate of drug-likeness (QED) is 0.487. The Labute approximate surface area is 136 Å². The molecule has 1 aromatic heterocycles. The number of hydrogen-bond acceptors (Lipinski definition) is 1. The highest BCUT2D eigenvalue weighted by atomic mass is 14.7. The van der Waals surface area contributed by atoms with Crippen LogP contribution in [-0.2, 0) is 6.42 Å². The average Bonchev–Trinajstić information content (AvgIpc) is 2.63. The number of fused-ring (bicyclic) bond motifs is 1. The zero-order chi connectivity index (χ0) is 15.5. The van der Waals surface area contributed by atoms with E-state index in [-0.39, 0.29) is 0 Å². The predicted molar refractivity (Wildman–Crippen MR) is 96.4 cm³/mol. The number of rotatable bonds is 3. The van der Waals surface area contributed by atoms with Crippen molar-refractivity contribution in [1.82, 2.24) is 4.98 Å². The molecule has 0 saturated carbocycles. The van der Waals surface area contributed by atoms with Crippen molar-refractivity contribution in [1.29, 1.82) is 0 Å². The number of nitrogens with zero attached hydrogens (tertiary/aromatic N) is 1. The number of benzene rings is 3. The molecular formula is C22H17N. The lowest BCUT2D eigenvalue weighted by atomic mass is 9.98. The third kappa shape index (κ3) is 2.86. The maximum Gasteiger partial charge on any atom is 0.0712 e. The van der Waals surface area contributed by atoms with Gasteiger partial charge in [0.2, 0.25) is 0 Å². The first-order valence-electron chi connectivity index (χ1n) is 7.88. The first-order valence-corrected chi connectivity index (χ1v) is 7.88. The molecular weight excluding hydrogens is 278 g/mol. The molecule has 1 nitrogen and oxygen atoms in total. The van der Waals surface area contributed by atoms with Crippen molar-refractivity contribution in [2.45, 2.75) is 6.42 Å². The van der Waals surface area contributed by atoms with E-state index in [9.17, 15) is 0 Å². The summed E-state index contributed by atoms with van der Waals surface area (Å²) in [5, 5.41) is 1.23. The molecule has 0 fully saturated rings. The number of pyridine rings is 1. The molecule has 0 saturated heterocycles. The SMILES string of the molecule is c1ccc(Cc2cc(-c3ccccc3)nc3ccccc23)cc1. The number of aromatic nitrogens is 1. The summed E-state index contributed by atoms with van der Waals surface area (Å²) in [6.07, 6.45) is 0.920. The Balaban J connectivity index is 1.87. The average molecular weight is 295 g/mol. The van der Waals surface area contributed by atoms with E-state index in [2.05, 4.69) is 84.9 Å². The molecule has 0 unspecified atom stereocenters. The van der Waals surface area contributed by atoms with Crippen LogP contribution in [0.25, 0.3) is 22.2 Å². The first kappa shape index (κ1) is 13.7. The summed E-state index contributed by atoms with van der Waals surface area (Å²) >= 11 is 0. The minimum Gasteiger partial charge on any atom is -0.248 e. The van der Waals surface area contributed by atoms with E-state index in [0.29, 0.717) is 0 Å². The monoisotopic (exact) mass is 295 g/mol. The van der Waals surface area contributed by atoms with Crippen LogP contribution in [0.1, 0.15) is 11.1 Å². The van der Waals surface area contributed by atoms with E-state index in [1.807, 2.05) is 6.07 Å². The van der Waals surface area contributed by atoms with Gasteiger partial charge in [-0.2, -0.15) is 0 Å². The van der Waals surface area contributed by atoms with Crippen molar-refractivity contribution in [2.75, 3.05) is 0 Å². The lowest BCUT2D eigenvalue weighted by molar-refractivity contribution is 1.20. The molecule has 0 aliphatic heterocycles. The van der Waals surface area contributed by atoms with Crippen molar-refractivity contribution in [3.63, 3.8) is 0 Å². The second-order valence-corrected chi connectivity index (χ2v) is 5.71. The van der Waals surface area contributed by atoms with E-state index >= 15 is 0 Å². The van der Waals surface area contributed by atoms with Gasteiger partial charge in [0.25, 0.3) is 0 Å². The van der Waals surface area contributed by atoms with E-state index in [1.54, 1.807) is 0 Å². The van der Waals surface area contributed by atoms with Gasteiger partial charge in [-0.15, -0.1) is 0 Å². The van der Waals surface area contributed by atoms with Crippen LogP contribution in [0.15, 0.2) is 91.0 Å². The van der Waals surface area contributed by atoms with E-state index < -0.39 is 0 Å². The van der Waals surface area contributed by atoms with Gasteiger partial charge >= 0.3 is 0 Å². The van der Waals surface area contributed by atoms with E-state index in [1.165, 1.54) is 16.5 Å². The molecule has 0 radical (unpaired) electrons. The topological polar surface area (TPSA) is 12.9 Å².